The van der Waals surface area contributed by atoms with Gasteiger partial charge < -0.3 is 5.32 Å². The number of anilines is 1. The normalized spacial score (nSPS) is 8.80. The van der Waals surface area contributed by atoms with E-state index in [2.05, 4.69) is 22.5 Å². The van der Waals surface area contributed by atoms with Gasteiger partial charge in [-0.3, -0.25) is 5.73 Å². The SMILES string of the molecule is [NH]C(=S)Nc1ccccn1. The maximum absolute atomic E-state index is 6.90. The van der Waals surface area contributed by atoms with Crippen LogP contribution in [0.2, 0.25) is 0 Å². The molecule has 0 aliphatic carbocycles. The molecule has 4 heteroatoms. The molecule has 0 aliphatic heterocycles. The van der Waals surface area contributed by atoms with Crippen LogP contribution in [0.4, 0.5) is 5.82 Å². The molecule has 0 bridgehead atoms. The highest BCUT2D eigenvalue weighted by atomic mass is 32.1. The lowest BCUT2D eigenvalue weighted by molar-refractivity contribution is 1.32. The van der Waals surface area contributed by atoms with Crippen molar-refractivity contribution in [3.05, 3.63) is 24.4 Å². The molecule has 2 N–H and O–H groups in total. The Hall–Kier alpha value is -1.16. The van der Waals surface area contributed by atoms with Crippen molar-refractivity contribution in [2.45, 2.75) is 0 Å². The Morgan fingerprint density at radius 3 is 2.90 bits per heavy atom. The van der Waals surface area contributed by atoms with Crippen LogP contribution in [0.5, 0.6) is 0 Å². The Balaban J connectivity index is 2.67. The Bertz CT molecular complexity index is 222. The van der Waals surface area contributed by atoms with Crippen LogP contribution in [0.25, 0.3) is 0 Å². The summed E-state index contributed by atoms with van der Waals surface area (Å²) in [4.78, 5) is 3.90. The predicted octanol–water partition coefficient (Wildman–Crippen LogP) is 1.06. The second-order valence-corrected chi connectivity index (χ2v) is 2.08. The van der Waals surface area contributed by atoms with Crippen LogP contribution in [0.15, 0.2) is 24.4 Å². The fourth-order valence-corrected chi connectivity index (χ4v) is 0.658. The summed E-state index contributed by atoms with van der Waals surface area (Å²) < 4.78 is 0. The Morgan fingerprint density at radius 1 is 1.60 bits per heavy atom. The monoisotopic (exact) mass is 152 g/mol. The predicted molar refractivity (Wildman–Crippen MR) is 43.6 cm³/mol. The van der Waals surface area contributed by atoms with Crippen LogP contribution >= 0.6 is 12.2 Å². The molecular formula is C6H6N3S. The largest absolute Gasteiger partial charge is 0.316 e. The van der Waals surface area contributed by atoms with Gasteiger partial charge in [0, 0.05) is 6.20 Å². The molecule has 0 fully saturated rings. The minimum absolute atomic E-state index is 0.0151. The molecule has 1 heterocycles. The average Bonchev–Trinajstić information content (AvgIpc) is 1.88. The smallest absolute Gasteiger partial charge is 0.190 e. The van der Waals surface area contributed by atoms with E-state index in [1.807, 2.05) is 6.07 Å². The van der Waals surface area contributed by atoms with E-state index in [1.54, 1.807) is 18.3 Å². The molecule has 3 nitrogen and oxygen atoms in total. The molecular weight excluding hydrogens is 146 g/mol. The van der Waals surface area contributed by atoms with Crippen LogP contribution in [0.1, 0.15) is 0 Å². The third-order valence-electron chi connectivity index (χ3n) is 0.906. The molecule has 1 aromatic rings. The number of pyridine rings is 1. The van der Waals surface area contributed by atoms with E-state index in [-0.39, 0.29) is 5.11 Å². The number of hydrogen-bond acceptors (Lipinski definition) is 2. The zero-order valence-electron chi connectivity index (χ0n) is 5.16. The second-order valence-electron chi connectivity index (χ2n) is 1.67. The van der Waals surface area contributed by atoms with Crippen LogP contribution in [0, 0.1) is 0 Å². The van der Waals surface area contributed by atoms with E-state index in [0.29, 0.717) is 5.82 Å². The third kappa shape index (κ3) is 1.99. The minimum Gasteiger partial charge on any atom is -0.316 e. The fourth-order valence-electron chi connectivity index (χ4n) is 0.553. The van der Waals surface area contributed by atoms with Crippen molar-refractivity contribution in [2.75, 3.05) is 5.32 Å². The molecule has 1 rings (SSSR count). The summed E-state index contributed by atoms with van der Waals surface area (Å²) in [6, 6.07) is 5.38. The highest BCUT2D eigenvalue weighted by Crippen LogP contribution is 1.97. The summed E-state index contributed by atoms with van der Waals surface area (Å²) in [5, 5.41) is 2.58. The van der Waals surface area contributed by atoms with Gasteiger partial charge in [0.05, 0.1) is 0 Å². The molecule has 0 amide bonds. The van der Waals surface area contributed by atoms with Crippen molar-refractivity contribution < 1.29 is 0 Å². The molecule has 51 valence electrons. The Kier molecular flexibility index (Phi) is 2.17. The van der Waals surface area contributed by atoms with Crippen LogP contribution < -0.4 is 11.1 Å². The number of aromatic nitrogens is 1. The zero-order chi connectivity index (χ0) is 7.40. The van der Waals surface area contributed by atoms with Gasteiger partial charge in [-0.1, -0.05) is 6.07 Å². The number of nitrogens with one attached hydrogen (secondary N) is 2. The maximum Gasteiger partial charge on any atom is 0.190 e. The number of hydrogen-bond donors (Lipinski definition) is 1. The molecule has 0 unspecified atom stereocenters. The van der Waals surface area contributed by atoms with Gasteiger partial charge in [-0.05, 0) is 24.4 Å². The lowest BCUT2D eigenvalue weighted by Gasteiger charge is -1.98. The second kappa shape index (κ2) is 3.12. The topological polar surface area (TPSA) is 48.7 Å². The van der Waals surface area contributed by atoms with E-state index >= 15 is 0 Å². The summed E-state index contributed by atoms with van der Waals surface area (Å²) in [5.41, 5.74) is 6.90. The number of nitrogens with zero attached hydrogens (tertiary/aromatic N) is 1. The lowest BCUT2D eigenvalue weighted by Crippen LogP contribution is -2.09. The van der Waals surface area contributed by atoms with Gasteiger partial charge in [0.25, 0.3) is 0 Å². The molecule has 0 aromatic carbocycles. The first kappa shape index (κ1) is 6.95. The van der Waals surface area contributed by atoms with Crippen molar-refractivity contribution >= 4 is 23.1 Å². The lowest BCUT2D eigenvalue weighted by atomic mass is 10.5. The van der Waals surface area contributed by atoms with Gasteiger partial charge in [-0.25, -0.2) is 4.98 Å². The molecule has 1 radical (unpaired) electrons. The van der Waals surface area contributed by atoms with Crippen LogP contribution in [-0.2, 0) is 0 Å². The van der Waals surface area contributed by atoms with E-state index in [4.69, 9.17) is 5.73 Å². The maximum atomic E-state index is 6.90. The van der Waals surface area contributed by atoms with E-state index < -0.39 is 0 Å². The van der Waals surface area contributed by atoms with Crippen molar-refractivity contribution in [3.63, 3.8) is 0 Å². The molecule has 0 saturated carbocycles. The quantitative estimate of drug-likeness (QED) is 0.612. The first-order valence-corrected chi connectivity index (χ1v) is 3.13. The van der Waals surface area contributed by atoms with Gasteiger partial charge in [-0.2, -0.15) is 0 Å². The van der Waals surface area contributed by atoms with Gasteiger partial charge in [0.15, 0.2) is 5.11 Å². The average molecular weight is 152 g/mol. The van der Waals surface area contributed by atoms with E-state index in [9.17, 15) is 0 Å². The first-order valence-electron chi connectivity index (χ1n) is 2.72. The summed E-state index contributed by atoms with van der Waals surface area (Å²) in [6.45, 7) is 0. The standard InChI is InChI=1S/C6H6N3S/c7-6(10)9-5-3-1-2-4-8-5/h1-4,7H,(H,8,9,10). The van der Waals surface area contributed by atoms with Crippen molar-refractivity contribution in [1.29, 1.82) is 0 Å². The van der Waals surface area contributed by atoms with Gasteiger partial charge in [0.2, 0.25) is 0 Å². The van der Waals surface area contributed by atoms with Gasteiger partial charge in [-0.15, -0.1) is 0 Å². The van der Waals surface area contributed by atoms with Crippen molar-refractivity contribution in [3.8, 4) is 0 Å². The van der Waals surface area contributed by atoms with E-state index in [0.717, 1.165) is 0 Å². The Morgan fingerprint density at radius 2 is 2.40 bits per heavy atom. The third-order valence-corrected chi connectivity index (χ3v) is 1.01. The van der Waals surface area contributed by atoms with Gasteiger partial charge in [0.1, 0.15) is 5.82 Å². The zero-order valence-corrected chi connectivity index (χ0v) is 5.98. The van der Waals surface area contributed by atoms with Crippen LogP contribution in [-0.4, -0.2) is 10.1 Å². The fraction of sp³-hybridized carbons (Fsp3) is 0. The van der Waals surface area contributed by atoms with Crippen molar-refractivity contribution in [1.82, 2.24) is 10.7 Å². The van der Waals surface area contributed by atoms with Gasteiger partial charge >= 0.3 is 0 Å². The summed E-state index contributed by atoms with van der Waals surface area (Å²) >= 11 is 4.49. The highest BCUT2D eigenvalue weighted by Gasteiger charge is 1.89. The highest BCUT2D eigenvalue weighted by molar-refractivity contribution is 7.80. The summed E-state index contributed by atoms with van der Waals surface area (Å²) in [6.07, 6.45) is 1.64. The molecule has 10 heavy (non-hydrogen) atoms. The van der Waals surface area contributed by atoms with Crippen molar-refractivity contribution in [2.24, 2.45) is 0 Å². The van der Waals surface area contributed by atoms with Crippen LogP contribution in [0.3, 0.4) is 0 Å². The Labute approximate surface area is 64.3 Å². The molecule has 0 atom stereocenters. The first-order chi connectivity index (χ1) is 4.79. The molecule has 0 saturated heterocycles. The summed E-state index contributed by atoms with van der Waals surface area (Å²) in [5.74, 6) is 0.613. The molecule has 1 aromatic heterocycles. The summed E-state index contributed by atoms with van der Waals surface area (Å²) in [7, 11) is 0. The number of rotatable bonds is 1. The molecule has 0 spiro atoms. The minimum atomic E-state index is -0.0151. The number of thiocarbonyl (C=S) groups is 1. The molecule has 0 aliphatic rings. The van der Waals surface area contributed by atoms with E-state index in [1.165, 1.54) is 0 Å².